The van der Waals surface area contributed by atoms with Crippen LogP contribution in [0.15, 0.2) is 12.1 Å². The molecule has 0 unspecified atom stereocenters. The number of rotatable bonds is 1. The fourth-order valence-corrected chi connectivity index (χ4v) is 1.38. The number of carbonyl (C=O) groups is 1. The highest BCUT2D eigenvalue weighted by Gasteiger charge is 2.14. The van der Waals surface area contributed by atoms with Crippen LogP contribution in [0.25, 0.3) is 0 Å². The van der Waals surface area contributed by atoms with Gasteiger partial charge in [0.25, 0.3) is 0 Å². The van der Waals surface area contributed by atoms with Crippen molar-refractivity contribution in [1.29, 1.82) is 0 Å². The predicted molar refractivity (Wildman–Crippen MR) is 53.4 cm³/mol. The molecule has 14 heavy (non-hydrogen) atoms. The maximum absolute atomic E-state index is 11.1. The van der Waals surface area contributed by atoms with Gasteiger partial charge in [-0.2, -0.15) is 0 Å². The van der Waals surface area contributed by atoms with Crippen LogP contribution in [-0.4, -0.2) is 18.1 Å². The van der Waals surface area contributed by atoms with Crippen LogP contribution in [0.3, 0.4) is 0 Å². The Kier molecular flexibility index (Phi) is 3.43. The lowest BCUT2D eigenvalue weighted by Crippen LogP contribution is -2.06. The maximum atomic E-state index is 11.1. The molecule has 0 amide bonds. The highest BCUT2D eigenvalue weighted by molar-refractivity contribution is 5.87. The second-order valence-corrected chi connectivity index (χ2v) is 2.90. The normalized spacial score (nSPS) is 12.9. The van der Waals surface area contributed by atoms with E-state index < -0.39 is 0 Å². The Labute approximate surface area is 88.1 Å². The Bertz CT molecular complexity index is 355. The molecule has 0 fully saturated rings. The third-order valence-corrected chi connectivity index (χ3v) is 2.07. The quantitative estimate of drug-likeness (QED) is 0.706. The number of hydrogen-bond donors (Lipinski definition) is 1. The Morgan fingerprint density at radius 2 is 2.29 bits per heavy atom. The molecule has 1 aromatic rings. The highest BCUT2D eigenvalue weighted by Crippen LogP contribution is 2.13. The van der Waals surface area contributed by atoms with Gasteiger partial charge in [-0.05, 0) is 11.6 Å². The summed E-state index contributed by atoms with van der Waals surface area (Å²) in [6.45, 7) is 1.57. The SMILES string of the molecule is COC(=O)c1ccc2c(n1)CNC2.Cl. The van der Waals surface area contributed by atoms with Gasteiger partial charge in [0, 0.05) is 13.1 Å². The molecule has 0 bridgehead atoms. The summed E-state index contributed by atoms with van der Waals surface area (Å²) >= 11 is 0. The van der Waals surface area contributed by atoms with Crippen molar-refractivity contribution < 1.29 is 9.53 Å². The molecule has 0 aromatic carbocycles. The standard InChI is InChI=1S/C9H10N2O2.ClH/c1-13-9(12)7-3-2-6-4-10-5-8(6)11-7;/h2-3,10H,4-5H2,1H3;1H. The van der Waals surface area contributed by atoms with Crippen molar-refractivity contribution in [2.45, 2.75) is 13.1 Å². The molecule has 0 atom stereocenters. The molecule has 2 rings (SSSR count). The van der Waals surface area contributed by atoms with Crippen molar-refractivity contribution in [1.82, 2.24) is 10.3 Å². The van der Waals surface area contributed by atoms with Crippen molar-refractivity contribution in [2.75, 3.05) is 7.11 Å². The molecule has 0 radical (unpaired) electrons. The van der Waals surface area contributed by atoms with E-state index in [1.54, 1.807) is 6.07 Å². The minimum absolute atomic E-state index is 0. The Morgan fingerprint density at radius 1 is 1.50 bits per heavy atom. The van der Waals surface area contributed by atoms with Crippen molar-refractivity contribution in [3.63, 3.8) is 0 Å². The average molecular weight is 215 g/mol. The molecular formula is C9H11ClN2O2. The van der Waals surface area contributed by atoms with Gasteiger partial charge < -0.3 is 10.1 Å². The molecule has 0 saturated carbocycles. The second-order valence-electron chi connectivity index (χ2n) is 2.90. The first kappa shape index (κ1) is 10.9. The van der Waals surface area contributed by atoms with Gasteiger partial charge in [0.2, 0.25) is 0 Å². The monoisotopic (exact) mass is 214 g/mol. The number of carbonyl (C=O) groups excluding carboxylic acids is 1. The van der Waals surface area contributed by atoms with E-state index in [9.17, 15) is 4.79 Å². The molecule has 76 valence electrons. The van der Waals surface area contributed by atoms with E-state index >= 15 is 0 Å². The Hall–Kier alpha value is -1.13. The van der Waals surface area contributed by atoms with E-state index in [4.69, 9.17) is 0 Å². The number of nitrogens with zero attached hydrogens (tertiary/aromatic N) is 1. The zero-order valence-electron chi connectivity index (χ0n) is 7.74. The summed E-state index contributed by atoms with van der Waals surface area (Å²) in [6.07, 6.45) is 0. The summed E-state index contributed by atoms with van der Waals surface area (Å²) < 4.78 is 4.57. The number of halogens is 1. The molecule has 1 aromatic heterocycles. The van der Waals surface area contributed by atoms with E-state index in [1.165, 1.54) is 7.11 Å². The molecule has 5 heteroatoms. The van der Waals surface area contributed by atoms with Gasteiger partial charge in [-0.25, -0.2) is 9.78 Å². The number of methoxy groups -OCH3 is 1. The maximum Gasteiger partial charge on any atom is 0.356 e. The molecular weight excluding hydrogens is 204 g/mol. The number of nitrogens with one attached hydrogen (secondary N) is 1. The lowest BCUT2D eigenvalue weighted by molar-refractivity contribution is 0.0594. The van der Waals surface area contributed by atoms with Crippen molar-refractivity contribution in [3.05, 3.63) is 29.1 Å². The fourth-order valence-electron chi connectivity index (χ4n) is 1.38. The average Bonchev–Trinajstić information content (AvgIpc) is 2.63. The van der Waals surface area contributed by atoms with E-state index in [0.717, 1.165) is 24.3 Å². The van der Waals surface area contributed by atoms with E-state index in [0.29, 0.717) is 5.69 Å². The van der Waals surface area contributed by atoms with Gasteiger partial charge in [0.15, 0.2) is 0 Å². The smallest absolute Gasteiger partial charge is 0.356 e. The van der Waals surface area contributed by atoms with Gasteiger partial charge in [-0.15, -0.1) is 12.4 Å². The number of ether oxygens (including phenoxy) is 1. The topological polar surface area (TPSA) is 51.2 Å². The summed E-state index contributed by atoms with van der Waals surface area (Å²) in [4.78, 5) is 15.3. The third kappa shape index (κ3) is 1.86. The lowest BCUT2D eigenvalue weighted by Gasteiger charge is -2.00. The molecule has 0 aliphatic carbocycles. The Balaban J connectivity index is 0.000000980. The molecule has 2 heterocycles. The van der Waals surface area contributed by atoms with E-state index in [2.05, 4.69) is 15.0 Å². The lowest BCUT2D eigenvalue weighted by atomic mass is 10.2. The fraction of sp³-hybridized carbons (Fsp3) is 0.333. The van der Waals surface area contributed by atoms with Crippen LogP contribution < -0.4 is 5.32 Å². The first-order valence-electron chi connectivity index (χ1n) is 4.09. The van der Waals surface area contributed by atoms with Crippen molar-refractivity contribution in [2.24, 2.45) is 0 Å². The van der Waals surface area contributed by atoms with Crippen LogP contribution in [0.1, 0.15) is 21.7 Å². The van der Waals surface area contributed by atoms with Crippen molar-refractivity contribution >= 4 is 18.4 Å². The summed E-state index contributed by atoms with van der Waals surface area (Å²) in [5.41, 5.74) is 2.49. The molecule has 1 N–H and O–H groups in total. The number of esters is 1. The minimum atomic E-state index is -0.380. The number of fused-ring (bicyclic) bond motifs is 1. The number of aromatic nitrogens is 1. The molecule has 1 aliphatic rings. The first-order valence-corrected chi connectivity index (χ1v) is 4.09. The summed E-state index contributed by atoms with van der Waals surface area (Å²) in [7, 11) is 1.36. The highest BCUT2D eigenvalue weighted by atomic mass is 35.5. The first-order chi connectivity index (χ1) is 6.31. The number of hydrogen-bond acceptors (Lipinski definition) is 4. The predicted octanol–water partition coefficient (Wildman–Crippen LogP) is 0.893. The van der Waals surface area contributed by atoms with Crippen LogP contribution in [0.2, 0.25) is 0 Å². The number of pyridine rings is 1. The van der Waals surface area contributed by atoms with E-state index in [1.807, 2.05) is 6.07 Å². The second kappa shape index (κ2) is 4.39. The molecule has 4 nitrogen and oxygen atoms in total. The van der Waals surface area contributed by atoms with Gasteiger partial charge in [0.05, 0.1) is 12.8 Å². The zero-order chi connectivity index (χ0) is 9.26. The molecule has 1 aliphatic heterocycles. The van der Waals surface area contributed by atoms with Gasteiger partial charge in [-0.1, -0.05) is 6.07 Å². The van der Waals surface area contributed by atoms with Crippen LogP contribution in [0, 0.1) is 0 Å². The van der Waals surface area contributed by atoms with Gasteiger partial charge in [-0.3, -0.25) is 0 Å². The van der Waals surface area contributed by atoms with E-state index in [-0.39, 0.29) is 18.4 Å². The molecule has 0 spiro atoms. The summed E-state index contributed by atoms with van der Waals surface area (Å²) in [6, 6.07) is 3.60. The zero-order valence-corrected chi connectivity index (χ0v) is 8.56. The summed E-state index contributed by atoms with van der Waals surface area (Å²) in [5.74, 6) is -0.380. The van der Waals surface area contributed by atoms with Gasteiger partial charge in [0.1, 0.15) is 5.69 Å². The van der Waals surface area contributed by atoms with Crippen LogP contribution in [0.5, 0.6) is 0 Å². The largest absolute Gasteiger partial charge is 0.464 e. The minimum Gasteiger partial charge on any atom is -0.464 e. The Morgan fingerprint density at radius 3 is 3.00 bits per heavy atom. The van der Waals surface area contributed by atoms with Gasteiger partial charge >= 0.3 is 5.97 Å². The van der Waals surface area contributed by atoms with Crippen LogP contribution in [0.4, 0.5) is 0 Å². The molecule has 0 saturated heterocycles. The van der Waals surface area contributed by atoms with Crippen molar-refractivity contribution in [3.8, 4) is 0 Å². The third-order valence-electron chi connectivity index (χ3n) is 2.07. The van der Waals surface area contributed by atoms with Crippen LogP contribution >= 0.6 is 12.4 Å². The summed E-state index contributed by atoms with van der Waals surface area (Å²) in [5, 5.41) is 3.16. The van der Waals surface area contributed by atoms with Crippen LogP contribution in [-0.2, 0) is 17.8 Å².